The van der Waals surface area contributed by atoms with Crippen molar-refractivity contribution in [3.8, 4) is 0 Å². The van der Waals surface area contributed by atoms with Crippen LogP contribution in [0.4, 0.5) is 0 Å². The molecule has 1 aliphatic carbocycles. The van der Waals surface area contributed by atoms with E-state index < -0.39 is 0 Å². The molecule has 6 heteroatoms. The Labute approximate surface area is 167 Å². The molecule has 1 N–H and O–H groups in total. The molecule has 148 valence electrons. The van der Waals surface area contributed by atoms with Crippen molar-refractivity contribution in [2.24, 2.45) is 5.92 Å². The van der Waals surface area contributed by atoms with Crippen LogP contribution >= 0.6 is 11.6 Å². The molecule has 1 saturated carbocycles. The number of nitrogens with one attached hydrogen (secondary N) is 1. The lowest BCUT2D eigenvalue weighted by Gasteiger charge is -2.33. The first-order valence-electron chi connectivity index (χ1n) is 9.98. The molecule has 5 nitrogen and oxygen atoms in total. The van der Waals surface area contributed by atoms with Gasteiger partial charge in [-0.15, -0.1) is 0 Å². The van der Waals surface area contributed by atoms with Crippen LogP contribution in [0.25, 0.3) is 0 Å². The van der Waals surface area contributed by atoms with Crippen LogP contribution in [0, 0.1) is 5.92 Å². The summed E-state index contributed by atoms with van der Waals surface area (Å²) in [5, 5.41) is 3.60. The predicted molar refractivity (Wildman–Crippen MR) is 108 cm³/mol. The van der Waals surface area contributed by atoms with Gasteiger partial charge < -0.3 is 15.1 Å². The summed E-state index contributed by atoms with van der Waals surface area (Å²) in [5.41, 5.74) is 0.569. The minimum absolute atomic E-state index is 0.0152. The number of fused-ring (bicyclic) bond motifs is 1. The number of benzene rings is 1. The zero-order valence-corrected chi connectivity index (χ0v) is 17.0. The number of halogens is 1. The van der Waals surface area contributed by atoms with Crippen LogP contribution in [0.5, 0.6) is 0 Å². The summed E-state index contributed by atoms with van der Waals surface area (Å²) in [5.74, 6) is 0.346. The van der Waals surface area contributed by atoms with E-state index in [-0.39, 0.29) is 23.9 Å². The van der Waals surface area contributed by atoms with Crippen molar-refractivity contribution in [1.29, 1.82) is 0 Å². The van der Waals surface area contributed by atoms with Crippen LogP contribution in [0.3, 0.4) is 0 Å². The fourth-order valence-electron chi connectivity index (χ4n) is 4.48. The molecule has 1 aliphatic heterocycles. The minimum Gasteiger partial charge on any atom is -0.354 e. The summed E-state index contributed by atoms with van der Waals surface area (Å²) in [6.45, 7) is 1.57. The van der Waals surface area contributed by atoms with Crippen LogP contribution in [0.2, 0.25) is 5.02 Å². The highest BCUT2D eigenvalue weighted by Crippen LogP contribution is 2.40. The number of hydrogen-bond acceptors (Lipinski definition) is 3. The lowest BCUT2D eigenvalue weighted by atomic mass is 9.84. The van der Waals surface area contributed by atoms with E-state index in [1.54, 1.807) is 24.3 Å². The molecule has 0 bridgehead atoms. The molecule has 2 aliphatic rings. The molecule has 3 atom stereocenters. The van der Waals surface area contributed by atoms with Gasteiger partial charge in [0.2, 0.25) is 5.91 Å². The topological polar surface area (TPSA) is 52.7 Å². The summed E-state index contributed by atoms with van der Waals surface area (Å²) in [4.78, 5) is 30.1. The molecular weight excluding hydrogens is 362 g/mol. The third kappa shape index (κ3) is 4.82. The molecule has 1 aromatic carbocycles. The highest BCUT2D eigenvalue weighted by molar-refractivity contribution is 6.31. The average molecular weight is 392 g/mol. The monoisotopic (exact) mass is 391 g/mol. The first-order valence-corrected chi connectivity index (χ1v) is 10.4. The lowest BCUT2D eigenvalue weighted by Crippen LogP contribution is -2.49. The smallest absolute Gasteiger partial charge is 0.254 e. The standard InChI is InChI=1S/C21H30ClN3O2/c1-24(2)12-6-11-23-20(26)19-14-15-7-3-4-10-18(15)25(19)21(27)16-8-5-9-17(22)13-16/h5,8-9,13,15,18-19H,3-4,6-7,10-12,14H2,1-2H3,(H,23,26). The molecule has 1 aromatic rings. The third-order valence-corrected chi connectivity index (χ3v) is 6.01. The third-order valence-electron chi connectivity index (χ3n) is 5.78. The number of carbonyl (C=O) groups is 2. The SMILES string of the molecule is CN(C)CCCNC(=O)C1CC2CCCCC2N1C(=O)c1cccc(Cl)c1. The minimum atomic E-state index is -0.371. The van der Waals surface area contributed by atoms with Gasteiger partial charge >= 0.3 is 0 Å². The van der Waals surface area contributed by atoms with Crippen LogP contribution in [-0.2, 0) is 4.79 Å². The van der Waals surface area contributed by atoms with E-state index in [9.17, 15) is 9.59 Å². The molecule has 0 radical (unpaired) electrons. The summed E-state index contributed by atoms with van der Waals surface area (Å²) in [6.07, 6.45) is 6.09. The Morgan fingerprint density at radius 3 is 2.78 bits per heavy atom. The molecule has 27 heavy (non-hydrogen) atoms. The summed E-state index contributed by atoms with van der Waals surface area (Å²) in [6, 6.07) is 6.84. The van der Waals surface area contributed by atoms with Gasteiger partial charge in [-0.2, -0.15) is 0 Å². The highest BCUT2D eigenvalue weighted by atomic mass is 35.5. The molecule has 3 rings (SSSR count). The Balaban J connectivity index is 1.74. The van der Waals surface area contributed by atoms with E-state index in [0.717, 1.165) is 38.6 Å². The zero-order chi connectivity index (χ0) is 19.4. The quantitative estimate of drug-likeness (QED) is 0.758. The number of hydrogen-bond donors (Lipinski definition) is 1. The number of nitrogens with zero attached hydrogens (tertiary/aromatic N) is 2. The fraction of sp³-hybridized carbons (Fsp3) is 0.619. The van der Waals surface area contributed by atoms with E-state index in [2.05, 4.69) is 10.2 Å². The van der Waals surface area contributed by atoms with Gasteiger partial charge in [-0.3, -0.25) is 9.59 Å². The van der Waals surface area contributed by atoms with Crippen LogP contribution in [0.1, 0.15) is 48.9 Å². The Hall–Kier alpha value is -1.59. The number of amides is 2. The summed E-state index contributed by atoms with van der Waals surface area (Å²) in [7, 11) is 4.05. The molecule has 1 saturated heterocycles. The summed E-state index contributed by atoms with van der Waals surface area (Å²) < 4.78 is 0. The van der Waals surface area contributed by atoms with Gasteiger partial charge in [-0.25, -0.2) is 0 Å². The van der Waals surface area contributed by atoms with E-state index in [4.69, 9.17) is 11.6 Å². The fourth-order valence-corrected chi connectivity index (χ4v) is 4.67. The van der Waals surface area contributed by atoms with E-state index in [1.807, 2.05) is 19.0 Å². The number of rotatable bonds is 6. The molecule has 0 aromatic heterocycles. The normalized spacial score (nSPS) is 24.7. The van der Waals surface area contributed by atoms with Gasteiger partial charge in [0, 0.05) is 23.2 Å². The maximum Gasteiger partial charge on any atom is 0.254 e. The first-order chi connectivity index (χ1) is 13.0. The average Bonchev–Trinajstić information content (AvgIpc) is 3.04. The second kappa shape index (κ2) is 9.07. The van der Waals surface area contributed by atoms with Gasteiger partial charge in [0.25, 0.3) is 5.91 Å². The van der Waals surface area contributed by atoms with Crippen molar-refractivity contribution >= 4 is 23.4 Å². The maximum atomic E-state index is 13.3. The summed E-state index contributed by atoms with van der Waals surface area (Å²) >= 11 is 6.09. The van der Waals surface area contributed by atoms with Crippen molar-refractivity contribution in [3.05, 3.63) is 34.9 Å². The highest BCUT2D eigenvalue weighted by Gasteiger charge is 2.47. The number of likely N-dealkylation sites (tertiary alicyclic amines) is 1. The van der Waals surface area contributed by atoms with Gasteiger partial charge in [-0.05, 0) is 70.4 Å². The molecule has 2 amide bonds. The molecular formula is C21H30ClN3O2. The second-order valence-corrected chi connectivity index (χ2v) is 8.47. The Morgan fingerprint density at radius 1 is 1.26 bits per heavy atom. The van der Waals surface area contributed by atoms with Gasteiger partial charge in [0.1, 0.15) is 6.04 Å². The molecule has 3 unspecified atom stereocenters. The van der Waals surface area contributed by atoms with Crippen molar-refractivity contribution < 1.29 is 9.59 Å². The second-order valence-electron chi connectivity index (χ2n) is 8.03. The lowest BCUT2D eigenvalue weighted by molar-refractivity contribution is -0.125. The van der Waals surface area contributed by atoms with Crippen molar-refractivity contribution in [2.75, 3.05) is 27.2 Å². The van der Waals surface area contributed by atoms with E-state index in [0.29, 0.717) is 23.0 Å². The first kappa shape index (κ1) is 20.2. The largest absolute Gasteiger partial charge is 0.354 e. The maximum absolute atomic E-state index is 13.3. The Morgan fingerprint density at radius 2 is 2.04 bits per heavy atom. The van der Waals surface area contributed by atoms with Crippen LogP contribution in [0.15, 0.2) is 24.3 Å². The van der Waals surface area contributed by atoms with Gasteiger partial charge in [-0.1, -0.05) is 30.5 Å². The Bertz CT molecular complexity index is 679. The van der Waals surface area contributed by atoms with Gasteiger partial charge in [0.15, 0.2) is 0 Å². The number of carbonyl (C=O) groups excluding carboxylic acids is 2. The molecule has 0 spiro atoms. The van der Waals surface area contributed by atoms with Crippen LogP contribution < -0.4 is 5.32 Å². The molecule has 2 fully saturated rings. The predicted octanol–water partition coefficient (Wildman–Crippen LogP) is 3.18. The zero-order valence-electron chi connectivity index (χ0n) is 16.3. The van der Waals surface area contributed by atoms with Crippen molar-refractivity contribution in [3.63, 3.8) is 0 Å². The Kier molecular flexibility index (Phi) is 6.77. The van der Waals surface area contributed by atoms with E-state index >= 15 is 0 Å². The van der Waals surface area contributed by atoms with Gasteiger partial charge in [0.05, 0.1) is 0 Å². The van der Waals surface area contributed by atoms with Crippen LogP contribution in [-0.4, -0.2) is 60.9 Å². The van der Waals surface area contributed by atoms with E-state index in [1.165, 1.54) is 6.42 Å². The molecule has 1 heterocycles. The van der Waals surface area contributed by atoms with Crippen molar-refractivity contribution in [1.82, 2.24) is 15.1 Å². The van der Waals surface area contributed by atoms with Crippen molar-refractivity contribution in [2.45, 2.75) is 50.6 Å².